The summed E-state index contributed by atoms with van der Waals surface area (Å²) >= 11 is 5.56. The maximum Gasteiger partial charge on any atom is 0.417 e. The van der Waals surface area contributed by atoms with E-state index >= 15 is 0 Å². The lowest BCUT2D eigenvalue weighted by molar-refractivity contribution is -0.199. The number of sulfone groups is 1. The number of aliphatic carboxylic acids is 1. The first kappa shape index (κ1) is 26.2. The molecule has 1 saturated heterocycles. The van der Waals surface area contributed by atoms with Gasteiger partial charge in [-0.05, 0) is 49.1 Å². The van der Waals surface area contributed by atoms with E-state index in [2.05, 4.69) is 10.1 Å². The molecule has 1 N–H and O–H groups in total. The first-order valence-electron chi connectivity index (χ1n) is 10.1. The van der Waals surface area contributed by atoms with Gasteiger partial charge in [-0.15, -0.1) is 5.10 Å². The molecule has 4 rings (SSSR count). The topological polar surface area (TPSA) is 122 Å². The maximum atomic E-state index is 13.9. The van der Waals surface area contributed by atoms with Crippen LogP contribution in [0.3, 0.4) is 0 Å². The number of aromatic nitrogens is 3. The predicted molar refractivity (Wildman–Crippen MR) is 108 cm³/mol. The Morgan fingerprint density at radius 1 is 1.14 bits per heavy atom. The van der Waals surface area contributed by atoms with Gasteiger partial charge >= 0.3 is 18.3 Å². The molecular formula is C19H15ClF6N4O5S. The molecule has 2 atom stereocenters. The normalized spacial score (nSPS) is 22.0. The molecule has 0 radical (unpaired) electrons. The number of carboxylic acids is 1. The van der Waals surface area contributed by atoms with Crippen LogP contribution in [0.2, 0.25) is 5.28 Å². The Kier molecular flexibility index (Phi) is 6.06. The van der Waals surface area contributed by atoms with Crippen LogP contribution in [0.1, 0.15) is 24.8 Å². The van der Waals surface area contributed by atoms with Crippen molar-refractivity contribution in [2.24, 2.45) is 5.41 Å². The van der Waals surface area contributed by atoms with Gasteiger partial charge in [0.25, 0.3) is 0 Å². The molecule has 2 aliphatic rings. The van der Waals surface area contributed by atoms with Gasteiger partial charge in [0.15, 0.2) is 9.84 Å². The molecule has 1 aromatic heterocycles. The Morgan fingerprint density at radius 2 is 1.78 bits per heavy atom. The zero-order valence-corrected chi connectivity index (χ0v) is 19.3. The van der Waals surface area contributed by atoms with Crippen LogP contribution in [0, 0.1) is 5.41 Å². The van der Waals surface area contributed by atoms with Crippen molar-refractivity contribution in [1.82, 2.24) is 19.7 Å². The van der Waals surface area contributed by atoms with E-state index in [-0.39, 0.29) is 11.0 Å². The molecule has 9 nitrogen and oxygen atoms in total. The number of halogens is 7. The van der Waals surface area contributed by atoms with E-state index in [1.807, 2.05) is 0 Å². The van der Waals surface area contributed by atoms with Crippen molar-refractivity contribution in [3.05, 3.63) is 35.4 Å². The number of hydrogen-bond acceptors (Lipinski definition) is 6. The quantitative estimate of drug-likeness (QED) is 0.558. The number of carbonyl (C=O) groups is 2. The fourth-order valence-corrected chi connectivity index (χ4v) is 6.19. The van der Waals surface area contributed by atoms with Crippen LogP contribution in [0.15, 0.2) is 29.4 Å². The third kappa shape index (κ3) is 4.29. The highest BCUT2D eigenvalue weighted by Crippen LogP contribution is 2.59. The van der Waals surface area contributed by atoms with Gasteiger partial charge in [-0.3, -0.25) is 4.79 Å². The van der Waals surface area contributed by atoms with Crippen LogP contribution in [-0.2, 0) is 25.6 Å². The third-order valence-electron chi connectivity index (χ3n) is 6.25. The molecule has 0 bridgehead atoms. The lowest BCUT2D eigenvalue weighted by Crippen LogP contribution is -2.48. The molecule has 17 heteroatoms. The molecule has 1 aliphatic carbocycles. The summed E-state index contributed by atoms with van der Waals surface area (Å²) < 4.78 is 109. The number of rotatable bonds is 5. The monoisotopic (exact) mass is 560 g/mol. The summed E-state index contributed by atoms with van der Waals surface area (Å²) in [6.07, 6.45) is -11.3. The molecule has 0 spiro atoms. The van der Waals surface area contributed by atoms with Crippen molar-refractivity contribution in [3.63, 3.8) is 0 Å². The summed E-state index contributed by atoms with van der Waals surface area (Å²) in [5, 5.41) is 10.9. The van der Waals surface area contributed by atoms with E-state index in [0.29, 0.717) is 17.0 Å². The number of hydrogen-bond donors (Lipinski definition) is 1. The van der Waals surface area contributed by atoms with Crippen LogP contribution in [0.25, 0.3) is 5.69 Å². The minimum absolute atomic E-state index is 0.242. The number of benzene rings is 1. The predicted octanol–water partition coefficient (Wildman–Crippen LogP) is 3.11. The van der Waals surface area contributed by atoms with E-state index in [9.17, 15) is 49.5 Å². The average molecular weight is 561 g/mol. The van der Waals surface area contributed by atoms with Gasteiger partial charge < -0.3 is 10.0 Å². The van der Waals surface area contributed by atoms with Crippen molar-refractivity contribution >= 4 is 33.3 Å². The summed E-state index contributed by atoms with van der Waals surface area (Å²) in [5.74, 6) is -3.37. The zero-order valence-electron chi connectivity index (χ0n) is 17.7. The number of carboxylic acid groups (broad SMARTS) is 1. The third-order valence-corrected chi connectivity index (χ3v) is 8.61. The molecule has 196 valence electrons. The summed E-state index contributed by atoms with van der Waals surface area (Å²) in [7, 11) is -4.97. The van der Waals surface area contributed by atoms with Crippen LogP contribution >= 0.6 is 11.6 Å². The highest BCUT2D eigenvalue weighted by Gasteiger charge is 2.70. The first-order chi connectivity index (χ1) is 16.5. The van der Waals surface area contributed by atoms with Gasteiger partial charge in [-0.1, -0.05) is 0 Å². The second-order valence-corrected chi connectivity index (χ2v) is 11.0. The van der Waals surface area contributed by atoms with E-state index in [1.165, 1.54) is 0 Å². The minimum Gasteiger partial charge on any atom is -0.480 e. The van der Waals surface area contributed by atoms with Gasteiger partial charge in [-0.25, -0.2) is 22.9 Å². The van der Waals surface area contributed by atoms with Gasteiger partial charge in [0.05, 0.1) is 21.4 Å². The molecule has 1 saturated carbocycles. The van der Waals surface area contributed by atoms with Gasteiger partial charge in [0.1, 0.15) is 17.8 Å². The number of nitrogens with zero attached hydrogens (tertiary/aromatic N) is 4. The van der Waals surface area contributed by atoms with Crippen LogP contribution in [0.4, 0.5) is 26.3 Å². The fourth-order valence-electron chi connectivity index (χ4n) is 4.18. The molecule has 1 amide bonds. The highest BCUT2D eigenvalue weighted by atomic mass is 35.5. The molecule has 0 unspecified atom stereocenters. The standard InChI is InChI=1S/C19H15ClF6N4O5S/c20-16-27-8-30(28-16)9-1-2-13(11(5-9)18(21,22)23)36(34,35)10-6-12(14(31)32)29(7-10)15(33)17(3-4-17)19(24,25)26/h1-2,5,8,10,12H,3-4,6-7H2,(H,31,32)/t10-,12+/m1/s1. The summed E-state index contributed by atoms with van der Waals surface area (Å²) in [6.45, 7) is -1.01. The largest absolute Gasteiger partial charge is 0.480 e. The van der Waals surface area contributed by atoms with Crippen molar-refractivity contribution in [3.8, 4) is 5.69 Å². The Labute approximate surface area is 203 Å². The van der Waals surface area contributed by atoms with E-state index < -0.39 is 87.0 Å². The van der Waals surface area contributed by atoms with Crippen molar-refractivity contribution in [1.29, 1.82) is 0 Å². The molecule has 2 heterocycles. The smallest absolute Gasteiger partial charge is 0.417 e. The van der Waals surface area contributed by atoms with E-state index in [4.69, 9.17) is 11.6 Å². The molecule has 36 heavy (non-hydrogen) atoms. The Hall–Kier alpha value is -2.88. The highest BCUT2D eigenvalue weighted by molar-refractivity contribution is 7.92. The lowest BCUT2D eigenvalue weighted by atomic mass is 10.0. The van der Waals surface area contributed by atoms with E-state index in [0.717, 1.165) is 17.1 Å². The van der Waals surface area contributed by atoms with Gasteiger partial charge in [0, 0.05) is 6.54 Å². The Morgan fingerprint density at radius 3 is 2.25 bits per heavy atom. The van der Waals surface area contributed by atoms with Crippen molar-refractivity contribution in [2.45, 2.75) is 47.8 Å². The van der Waals surface area contributed by atoms with Gasteiger partial charge in [0.2, 0.25) is 11.2 Å². The number of alkyl halides is 6. The van der Waals surface area contributed by atoms with Gasteiger partial charge in [-0.2, -0.15) is 26.3 Å². The lowest BCUT2D eigenvalue weighted by Gasteiger charge is -2.28. The number of likely N-dealkylation sites (tertiary alicyclic amines) is 1. The van der Waals surface area contributed by atoms with Crippen LogP contribution < -0.4 is 0 Å². The molecule has 2 aromatic rings. The summed E-state index contributed by atoms with van der Waals surface area (Å²) in [4.78, 5) is 27.0. The molecule has 2 fully saturated rings. The molecule has 1 aromatic carbocycles. The number of carbonyl (C=O) groups excluding carboxylic acids is 1. The van der Waals surface area contributed by atoms with Crippen molar-refractivity contribution in [2.75, 3.05) is 6.54 Å². The maximum absolute atomic E-state index is 13.9. The van der Waals surface area contributed by atoms with Crippen molar-refractivity contribution < 1.29 is 49.5 Å². The molecule has 1 aliphatic heterocycles. The SMILES string of the molecule is O=C(O)[C@@H]1C[C@@H](S(=O)(=O)c2ccc(-n3cnc(Cl)n3)cc2C(F)(F)F)CN1C(=O)C1(C(F)(F)F)CC1. The van der Waals surface area contributed by atoms with E-state index in [1.54, 1.807) is 0 Å². The average Bonchev–Trinajstić information content (AvgIpc) is 3.28. The van der Waals surface area contributed by atoms with Crippen LogP contribution in [-0.4, -0.2) is 69.1 Å². The zero-order chi connectivity index (χ0) is 26.8. The second-order valence-electron chi connectivity index (χ2n) is 8.43. The second kappa shape index (κ2) is 8.33. The Balaban J connectivity index is 1.73. The molecular weight excluding hydrogens is 546 g/mol. The number of amides is 1. The first-order valence-corrected chi connectivity index (χ1v) is 12.0. The Bertz CT molecular complexity index is 1340. The minimum atomic E-state index is -5.20. The summed E-state index contributed by atoms with van der Waals surface area (Å²) in [5.41, 5.74) is -4.68. The summed E-state index contributed by atoms with van der Waals surface area (Å²) in [6, 6.07) is 0.111. The fraction of sp³-hybridized carbons (Fsp3) is 0.474. The van der Waals surface area contributed by atoms with Crippen LogP contribution in [0.5, 0.6) is 0 Å².